The summed E-state index contributed by atoms with van der Waals surface area (Å²) in [6.07, 6.45) is -7.62. The van der Waals surface area contributed by atoms with E-state index in [4.69, 9.17) is 0 Å². The van der Waals surface area contributed by atoms with E-state index in [2.05, 4.69) is 15.6 Å². The number of carbonyl (C=O) groups is 1. The minimum atomic E-state index is -4.46. The van der Waals surface area contributed by atoms with Gasteiger partial charge in [-0.25, -0.2) is 9.78 Å². The van der Waals surface area contributed by atoms with Gasteiger partial charge >= 0.3 is 18.4 Å². The number of amides is 2. The van der Waals surface area contributed by atoms with E-state index in [0.717, 1.165) is 36.5 Å². The molecule has 5 nitrogen and oxygen atoms in total. The number of aromatic nitrogens is 1. The fourth-order valence-electron chi connectivity index (χ4n) is 2.92. The third-order valence-electron chi connectivity index (χ3n) is 4.39. The van der Waals surface area contributed by atoms with Crippen LogP contribution in [-0.4, -0.2) is 30.1 Å². The Morgan fingerprint density at radius 2 is 1.59 bits per heavy atom. The average Bonchev–Trinajstić information content (AvgIpc) is 3.09. The lowest BCUT2D eigenvalue weighted by molar-refractivity contribution is -0.138. The van der Waals surface area contributed by atoms with Gasteiger partial charge in [0, 0.05) is 31.0 Å². The maximum Gasteiger partial charge on any atom is 0.417 e. The van der Waals surface area contributed by atoms with Crippen molar-refractivity contribution in [2.45, 2.75) is 24.8 Å². The fourth-order valence-corrected chi connectivity index (χ4v) is 2.92. The highest BCUT2D eigenvalue weighted by molar-refractivity contribution is 5.89. The molecule has 0 bridgehead atoms. The molecule has 0 spiro atoms. The van der Waals surface area contributed by atoms with E-state index >= 15 is 0 Å². The Morgan fingerprint density at radius 1 is 0.966 bits per heavy atom. The van der Waals surface area contributed by atoms with Gasteiger partial charge in [-0.15, -0.1) is 0 Å². The van der Waals surface area contributed by atoms with Gasteiger partial charge in [-0.2, -0.15) is 26.3 Å². The topological polar surface area (TPSA) is 57.3 Å². The van der Waals surface area contributed by atoms with E-state index < -0.39 is 29.5 Å². The smallest absolute Gasteiger partial charge is 0.354 e. The zero-order valence-electron chi connectivity index (χ0n) is 14.8. The lowest BCUT2D eigenvalue weighted by Gasteiger charge is -2.18. The largest absolute Gasteiger partial charge is 0.417 e. The number of benzene rings is 1. The minimum absolute atomic E-state index is 0.203. The molecular formula is C18H16F6N4O. The van der Waals surface area contributed by atoms with Crippen LogP contribution in [0, 0.1) is 0 Å². The van der Waals surface area contributed by atoms with E-state index in [0.29, 0.717) is 25.3 Å². The standard InChI is InChI=1S/C18H16F6N4O/c19-17(20,21)11-1-4-13(5-2-11)26-16(29)27-14-7-8-28(10-14)15-6-3-12(9-25-15)18(22,23)24/h1-6,9,14H,7-8,10H2,(H2,26,27,29). The van der Waals surface area contributed by atoms with E-state index in [9.17, 15) is 31.1 Å². The summed E-state index contributed by atoms with van der Waals surface area (Å²) < 4.78 is 75.4. The monoisotopic (exact) mass is 418 g/mol. The average molecular weight is 418 g/mol. The van der Waals surface area contributed by atoms with Crippen molar-refractivity contribution in [3.05, 3.63) is 53.7 Å². The first-order valence-corrected chi connectivity index (χ1v) is 8.55. The molecule has 1 aliphatic rings. The third kappa shape index (κ3) is 5.30. The summed E-state index contributed by atoms with van der Waals surface area (Å²) in [5.74, 6) is 0.366. The van der Waals surface area contributed by atoms with Crippen LogP contribution >= 0.6 is 0 Å². The fraction of sp³-hybridized carbons (Fsp3) is 0.333. The summed E-state index contributed by atoms with van der Waals surface area (Å²) in [5.41, 5.74) is -1.46. The molecule has 3 rings (SSSR count). The molecule has 2 N–H and O–H groups in total. The SMILES string of the molecule is O=C(Nc1ccc(C(F)(F)F)cc1)NC1CCN(c2ccc(C(F)(F)F)cn2)C1. The summed E-state index contributed by atoms with van der Waals surface area (Å²) >= 11 is 0. The molecule has 1 atom stereocenters. The molecule has 2 aromatic rings. The van der Waals surface area contributed by atoms with Crippen molar-refractivity contribution in [2.24, 2.45) is 0 Å². The van der Waals surface area contributed by atoms with Gasteiger partial charge in [-0.3, -0.25) is 0 Å². The van der Waals surface area contributed by atoms with Crippen molar-refractivity contribution < 1.29 is 31.1 Å². The van der Waals surface area contributed by atoms with Crippen molar-refractivity contribution >= 4 is 17.5 Å². The molecule has 1 saturated heterocycles. The molecule has 1 unspecified atom stereocenters. The number of nitrogens with zero attached hydrogens (tertiary/aromatic N) is 2. The van der Waals surface area contributed by atoms with E-state index in [1.54, 1.807) is 4.90 Å². The van der Waals surface area contributed by atoms with Gasteiger partial charge in [0.1, 0.15) is 5.82 Å². The number of alkyl halides is 6. The summed E-state index contributed by atoms with van der Waals surface area (Å²) in [6.45, 7) is 0.836. The molecular weight excluding hydrogens is 402 g/mol. The second kappa shape index (κ2) is 7.80. The molecule has 2 amide bonds. The highest BCUT2D eigenvalue weighted by Crippen LogP contribution is 2.31. The molecule has 1 fully saturated rings. The maximum absolute atomic E-state index is 12.6. The van der Waals surface area contributed by atoms with Crippen molar-refractivity contribution in [2.75, 3.05) is 23.3 Å². The zero-order valence-corrected chi connectivity index (χ0v) is 14.8. The quantitative estimate of drug-likeness (QED) is 0.721. The van der Waals surface area contributed by atoms with E-state index in [1.807, 2.05) is 0 Å². The molecule has 11 heteroatoms. The van der Waals surface area contributed by atoms with Crippen LogP contribution in [0.3, 0.4) is 0 Å². The number of anilines is 2. The number of urea groups is 1. The number of rotatable bonds is 3. The van der Waals surface area contributed by atoms with Crippen molar-refractivity contribution in [1.29, 1.82) is 0 Å². The highest BCUT2D eigenvalue weighted by Gasteiger charge is 2.32. The van der Waals surface area contributed by atoms with Crippen molar-refractivity contribution in [3.63, 3.8) is 0 Å². The summed E-state index contributed by atoms with van der Waals surface area (Å²) in [6, 6.07) is 5.37. The van der Waals surface area contributed by atoms with Crippen LogP contribution in [0.2, 0.25) is 0 Å². The molecule has 0 aliphatic carbocycles. The zero-order chi connectivity index (χ0) is 21.2. The number of carbonyl (C=O) groups excluding carboxylic acids is 1. The van der Waals surface area contributed by atoms with Crippen LogP contribution in [0.1, 0.15) is 17.5 Å². The Kier molecular flexibility index (Phi) is 5.58. The van der Waals surface area contributed by atoms with Crippen molar-refractivity contribution in [1.82, 2.24) is 10.3 Å². The van der Waals surface area contributed by atoms with Gasteiger partial charge in [0.05, 0.1) is 11.1 Å². The molecule has 1 aromatic heterocycles. The van der Waals surface area contributed by atoms with Crippen LogP contribution in [0.25, 0.3) is 0 Å². The maximum atomic E-state index is 12.6. The summed E-state index contributed by atoms with van der Waals surface area (Å²) in [4.78, 5) is 17.6. The lowest BCUT2D eigenvalue weighted by Crippen LogP contribution is -2.39. The second-order valence-corrected chi connectivity index (χ2v) is 6.51. The number of hydrogen-bond donors (Lipinski definition) is 2. The Morgan fingerprint density at radius 3 is 2.14 bits per heavy atom. The minimum Gasteiger partial charge on any atom is -0.354 e. The summed E-state index contributed by atoms with van der Waals surface area (Å²) in [5, 5.41) is 5.14. The molecule has 0 radical (unpaired) electrons. The molecule has 29 heavy (non-hydrogen) atoms. The van der Waals surface area contributed by atoms with Crippen LogP contribution in [0.4, 0.5) is 42.6 Å². The second-order valence-electron chi connectivity index (χ2n) is 6.51. The normalized spacial score (nSPS) is 17.3. The van der Waals surface area contributed by atoms with Gasteiger partial charge in [0.2, 0.25) is 0 Å². The molecule has 0 saturated carbocycles. The Labute approximate surface area is 161 Å². The number of hydrogen-bond acceptors (Lipinski definition) is 3. The number of nitrogens with one attached hydrogen (secondary N) is 2. The van der Waals surface area contributed by atoms with Gasteiger partial charge in [-0.1, -0.05) is 0 Å². The van der Waals surface area contributed by atoms with Crippen LogP contribution in [0.5, 0.6) is 0 Å². The Hall–Kier alpha value is -2.98. The van der Waals surface area contributed by atoms with Crippen molar-refractivity contribution in [3.8, 4) is 0 Å². The lowest BCUT2D eigenvalue weighted by atomic mass is 10.2. The first-order chi connectivity index (χ1) is 13.5. The molecule has 1 aliphatic heterocycles. The Balaban J connectivity index is 1.52. The predicted molar refractivity (Wildman–Crippen MR) is 93.5 cm³/mol. The number of pyridine rings is 1. The van der Waals surface area contributed by atoms with Gasteiger partial charge in [0.25, 0.3) is 0 Å². The summed E-state index contributed by atoms with van der Waals surface area (Å²) in [7, 11) is 0. The Bertz CT molecular complexity index is 849. The van der Waals surface area contributed by atoms with Gasteiger partial charge < -0.3 is 15.5 Å². The molecule has 156 valence electrons. The van der Waals surface area contributed by atoms with E-state index in [1.165, 1.54) is 6.07 Å². The van der Waals surface area contributed by atoms with Crippen LogP contribution < -0.4 is 15.5 Å². The third-order valence-corrected chi connectivity index (χ3v) is 4.39. The van der Waals surface area contributed by atoms with E-state index in [-0.39, 0.29) is 11.7 Å². The molecule has 1 aromatic carbocycles. The first kappa shape index (κ1) is 20.7. The van der Waals surface area contributed by atoms with Crippen LogP contribution in [-0.2, 0) is 12.4 Å². The van der Waals surface area contributed by atoms with Gasteiger partial charge in [0.15, 0.2) is 0 Å². The highest BCUT2D eigenvalue weighted by atomic mass is 19.4. The molecule has 2 heterocycles. The number of halogens is 6. The first-order valence-electron chi connectivity index (χ1n) is 8.55. The van der Waals surface area contributed by atoms with Gasteiger partial charge in [-0.05, 0) is 42.8 Å². The predicted octanol–water partition coefficient (Wildman–Crippen LogP) is 4.52. The van der Waals surface area contributed by atoms with Crippen LogP contribution in [0.15, 0.2) is 42.6 Å².